The number of ether oxygens (including phenoxy) is 1. The summed E-state index contributed by atoms with van der Waals surface area (Å²) >= 11 is 7.91. The normalized spacial score (nSPS) is 11.6. The van der Waals surface area contributed by atoms with E-state index in [1.54, 1.807) is 11.3 Å². The molecule has 0 unspecified atom stereocenters. The van der Waals surface area contributed by atoms with Crippen molar-refractivity contribution in [3.63, 3.8) is 0 Å². The maximum atomic E-state index is 6.29. The summed E-state index contributed by atoms with van der Waals surface area (Å²) in [6.45, 7) is 13.4. The lowest BCUT2D eigenvalue weighted by Crippen LogP contribution is -2.32. The number of hydrogen-bond acceptors (Lipinski definition) is 5. The minimum Gasteiger partial charge on any atom is -0.494 e. The van der Waals surface area contributed by atoms with Crippen LogP contribution >= 0.6 is 22.9 Å². The van der Waals surface area contributed by atoms with Crippen LogP contribution in [0.5, 0.6) is 5.75 Å². The maximum absolute atomic E-state index is 6.29. The van der Waals surface area contributed by atoms with E-state index >= 15 is 0 Å². The first kappa shape index (κ1) is 20.9. The molecule has 2 heterocycles. The van der Waals surface area contributed by atoms with E-state index in [1.807, 2.05) is 19.1 Å². The SMILES string of the molecule is CCOc1ccc(-c2csc3nc(Cl)nc(N(CC(C)C)CC(C)C)c23)cc1. The van der Waals surface area contributed by atoms with Gasteiger partial charge in [0.2, 0.25) is 5.28 Å². The molecule has 0 radical (unpaired) electrons. The number of thiophene rings is 1. The molecule has 0 bridgehead atoms. The fraction of sp³-hybridized carbons (Fsp3) is 0.455. The Hall–Kier alpha value is -1.85. The smallest absolute Gasteiger partial charge is 0.225 e. The Morgan fingerprint density at radius 3 is 2.25 bits per heavy atom. The molecule has 6 heteroatoms. The highest BCUT2D eigenvalue weighted by Gasteiger charge is 2.21. The molecule has 28 heavy (non-hydrogen) atoms. The molecule has 1 aromatic carbocycles. The summed E-state index contributed by atoms with van der Waals surface area (Å²) in [6, 6.07) is 8.22. The lowest BCUT2D eigenvalue weighted by atomic mass is 10.0. The zero-order chi connectivity index (χ0) is 20.3. The molecule has 3 rings (SSSR count). The first-order chi connectivity index (χ1) is 13.4. The van der Waals surface area contributed by atoms with E-state index < -0.39 is 0 Å². The van der Waals surface area contributed by atoms with Gasteiger partial charge in [-0.2, -0.15) is 4.98 Å². The molecule has 0 aliphatic carbocycles. The Bertz CT molecular complexity index is 911. The molecule has 4 nitrogen and oxygen atoms in total. The molecule has 0 aliphatic rings. The predicted octanol–water partition coefficient (Wildman–Crippen LogP) is 6.53. The second-order valence-corrected chi connectivity index (χ2v) is 8.99. The van der Waals surface area contributed by atoms with E-state index in [9.17, 15) is 0 Å². The summed E-state index contributed by atoms with van der Waals surface area (Å²) in [4.78, 5) is 12.5. The number of nitrogens with zero attached hydrogens (tertiary/aromatic N) is 3. The van der Waals surface area contributed by atoms with E-state index in [2.05, 4.69) is 60.1 Å². The van der Waals surface area contributed by atoms with Gasteiger partial charge in [0.1, 0.15) is 16.4 Å². The average Bonchev–Trinajstić information content (AvgIpc) is 3.04. The first-order valence-corrected chi connectivity index (χ1v) is 11.1. The van der Waals surface area contributed by atoms with Gasteiger partial charge >= 0.3 is 0 Å². The zero-order valence-corrected chi connectivity index (χ0v) is 18.8. The van der Waals surface area contributed by atoms with Gasteiger partial charge in [-0.25, -0.2) is 4.98 Å². The van der Waals surface area contributed by atoms with Gasteiger partial charge in [-0.15, -0.1) is 11.3 Å². The molecular formula is C22H28ClN3OS. The zero-order valence-electron chi connectivity index (χ0n) is 17.2. The van der Waals surface area contributed by atoms with Crippen molar-refractivity contribution in [3.8, 4) is 16.9 Å². The Kier molecular flexibility index (Phi) is 6.78. The van der Waals surface area contributed by atoms with Crippen LogP contribution in [-0.2, 0) is 0 Å². The average molecular weight is 418 g/mol. The van der Waals surface area contributed by atoms with Crippen LogP contribution in [0.3, 0.4) is 0 Å². The number of fused-ring (bicyclic) bond motifs is 1. The van der Waals surface area contributed by atoms with Crippen molar-refractivity contribution < 1.29 is 4.74 Å². The van der Waals surface area contributed by atoms with Crippen LogP contribution in [0.25, 0.3) is 21.3 Å². The third-order valence-corrected chi connectivity index (χ3v) is 5.38. The van der Waals surface area contributed by atoms with Crippen molar-refractivity contribution >= 4 is 39.0 Å². The lowest BCUT2D eigenvalue weighted by Gasteiger charge is -2.28. The molecule has 0 aliphatic heterocycles. The van der Waals surface area contributed by atoms with Crippen molar-refractivity contribution in [2.24, 2.45) is 11.8 Å². The van der Waals surface area contributed by atoms with Gasteiger partial charge in [0.05, 0.1) is 12.0 Å². The molecule has 0 N–H and O–H groups in total. The van der Waals surface area contributed by atoms with E-state index in [1.165, 1.54) is 0 Å². The Labute approximate surface area is 176 Å². The van der Waals surface area contributed by atoms with E-state index in [0.29, 0.717) is 23.7 Å². The largest absolute Gasteiger partial charge is 0.494 e. The third-order valence-electron chi connectivity index (χ3n) is 4.33. The summed E-state index contributed by atoms with van der Waals surface area (Å²) in [5.41, 5.74) is 2.28. The molecule has 2 aromatic heterocycles. The van der Waals surface area contributed by atoms with E-state index in [4.69, 9.17) is 16.3 Å². The first-order valence-electron chi connectivity index (χ1n) is 9.82. The molecule has 0 spiro atoms. The van der Waals surface area contributed by atoms with Crippen LogP contribution in [0.2, 0.25) is 5.28 Å². The quantitative estimate of drug-likeness (QED) is 0.390. The number of benzene rings is 1. The van der Waals surface area contributed by atoms with E-state index in [-0.39, 0.29) is 0 Å². The van der Waals surface area contributed by atoms with Gasteiger partial charge < -0.3 is 9.64 Å². The second-order valence-electron chi connectivity index (χ2n) is 7.80. The number of halogens is 1. The van der Waals surface area contributed by atoms with Crippen molar-refractivity contribution in [2.75, 3.05) is 24.6 Å². The standard InChI is InChI=1S/C22H28ClN3OS/c1-6-27-17-9-7-16(8-10-17)18-13-28-21-19(18)20(24-22(23)25-21)26(11-14(2)3)12-15(4)5/h7-10,13-15H,6,11-12H2,1-5H3. The van der Waals surface area contributed by atoms with Crippen molar-refractivity contribution in [1.29, 1.82) is 0 Å². The van der Waals surface area contributed by atoms with Crippen LogP contribution < -0.4 is 9.64 Å². The van der Waals surface area contributed by atoms with Crippen molar-refractivity contribution in [2.45, 2.75) is 34.6 Å². The number of anilines is 1. The van der Waals surface area contributed by atoms with Gasteiger partial charge in [0.15, 0.2) is 0 Å². The van der Waals surface area contributed by atoms with Crippen LogP contribution in [0.15, 0.2) is 29.6 Å². The van der Waals surface area contributed by atoms with Crippen LogP contribution in [0.4, 0.5) is 5.82 Å². The molecule has 0 saturated carbocycles. The molecule has 0 saturated heterocycles. The predicted molar refractivity (Wildman–Crippen MR) is 121 cm³/mol. The highest BCUT2D eigenvalue weighted by atomic mass is 35.5. The van der Waals surface area contributed by atoms with Gasteiger partial charge in [-0.1, -0.05) is 39.8 Å². The summed E-state index contributed by atoms with van der Waals surface area (Å²) < 4.78 is 5.58. The molecule has 3 aromatic rings. The van der Waals surface area contributed by atoms with Gasteiger partial charge in [0.25, 0.3) is 0 Å². The minimum absolute atomic E-state index is 0.306. The van der Waals surface area contributed by atoms with Crippen molar-refractivity contribution in [1.82, 2.24) is 9.97 Å². The van der Waals surface area contributed by atoms with E-state index in [0.717, 1.165) is 46.0 Å². The van der Waals surface area contributed by atoms with Crippen molar-refractivity contribution in [3.05, 3.63) is 34.9 Å². The van der Waals surface area contributed by atoms with Gasteiger partial charge in [0, 0.05) is 24.0 Å². The number of aromatic nitrogens is 2. The van der Waals surface area contributed by atoms with Crippen LogP contribution in [0.1, 0.15) is 34.6 Å². The molecule has 0 fully saturated rings. The van der Waals surface area contributed by atoms with Crippen LogP contribution in [-0.4, -0.2) is 29.7 Å². The molecular weight excluding hydrogens is 390 g/mol. The minimum atomic E-state index is 0.306. The fourth-order valence-electron chi connectivity index (χ4n) is 3.37. The summed E-state index contributed by atoms with van der Waals surface area (Å²) in [5.74, 6) is 2.86. The lowest BCUT2D eigenvalue weighted by molar-refractivity contribution is 0.340. The summed E-state index contributed by atoms with van der Waals surface area (Å²) in [7, 11) is 0. The molecule has 0 amide bonds. The van der Waals surface area contributed by atoms with Gasteiger partial charge in [-0.3, -0.25) is 0 Å². The second kappa shape index (κ2) is 9.10. The molecule has 0 atom stereocenters. The fourth-order valence-corrected chi connectivity index (χ4v) is 4.52. The summed E-state index contributed by atoms with van der Waals surface area (Å²) in [5, 5.41) is 3.54. The maximum Gasteiger partial charge on any atom is 0.225 e. The Morgan fingerprint density at radius 1 is 1.04 bits per heavy atom. The summed E-state index contributed by atoms with van der Waals surface area (Å²) in [6.07, 6.45) is 0. The number of rotatable bonds is 8. The van der Waals surface area contributed by atoms with Gasteiger partial charge in [-0.05, 0) is 48.1 Å². The monoisotopic (exact) mass is 417 g/mol. The molecule has 150 valence electrons. The third kappa shape index (κ3) is 4.76. The Balaban J connectivity index is 2.12. The van der Waals surface area contributed by atoms with Crippen LogP contribution in [0, 0.1) is 11.8 Å². The topological polar surface area (TPSA) is 38.3 Å². The number of hydrogen-bond donors (Lipinski definition) is 0. The Morgan fingerprint density at radius 2 is 1.68 bits per heavy atom. The highest BCUT2D eigenvalue weighted by Crippen LogP contribution is 2.39. The highest BCUT2D eigenvalue weighted by molar-refractivity contribution is 7.17.